The van der Waals surface area contributed by atoms with Crippen LogP contribution in [-0.4, -0.2) is 16.6 Å². The van der Waals surface area contributed by atoms with Crippen molar-refractivity contribution in [1.29, 1.82) is 0 Å². The van der Waals surface area contributed by atoms with E-state index in [0.29, 0.717) is 12.8 Å². The summed E-state index contributed by atoms with van der Waals surface area (Å²) in [6, 6.07) is 0. The van der Waals surface area contributed by atoms with Crippen LogP contribution in [0.2, 0.25) is 0 Å². The Hall–Kier alpha value is -0.570. The number of rotatable bonds is 4. The third kappa shape index (κ3) is 1.99. The van der Waals surface area contributed by atoms with Gasteiger partial charge >= 0.3 is 0 Å². The summed E-state index contributed by atoms with van der Waals surface area (Å²) in [6.07, 6.45) is 1.63. The van der Waals surface area contributed by atoms with Gasteiger partial charge in [0.15, 0.2) is 0 Å². The molecule has 0 unspecified atom stereocenters. The molecule has 0 aliphatic heterocycles. The SMILES string of the molecule is CCC[C@@](O)(CC)C(N)=O. The highest BCUT2D eigenvalue weighted by atomic mass is 16.3. The first-order valence-electron chi connectivity index (χ1n) is 3.59. The molecule has 0 aromatic carbocycles. The minimum absolute atomic E-state index is 0.399. The van der Waals surface area contributed by atoms with Crippen LogP contribution < -0.4 is 5.73 Å². The number of carbonyl (C=O) groups is 1. The standard InChI is InChI=1S/C7H15NO2/c1-3-5-7(10,4-2)6(8)9/h10H,3-5H2,1-2H3,(H2,8,9)/t7-/m0/s1. The lowest BCUT2D eigenvalue weighted by molar-refractivity contribution is -0.137. The first-order valence-corrected chi connectivity index (χ1v) is 3.59. The van der Waals surface area contributed by atoms with Crippen molar-refractivity contribution in [3.05, 3.63) is 0 Å². The van der Waals surface area contributed by atoms with E-state index in [1.54, 1.807) is 6.92 Å². The summed E-state index contributed by atoms with van der Waals surface area (Å²) < 4.78 is 0. The molecule has 0 fully saturated rings. The van der Waals surface area contributed by atoms with Crippen molar-refractivity contribution in [2.75, 3.05) is 0 Å². The van der Waals surface area contributed by atoms with Crippen molar-refractivity contribution in [2.45, 2.75) is 38.7 Å². The second-order valence-electron chi connectivity index (χ2n) is 2.50. The first kappa shape index (κ1) is 9.43. The first-order chi connectivity index (χ1) is 4.56. The summed E-state index contributed by atoms with van der Waals surface area (Å²) in [4.78, 5) is 10.6. The van der Waals surface area contributed by atoms with E-state index in [-0.39, 0.29) is 0 Å². The van der Waals surface area contributed by atoms with Gasteiger partial charge in [0.1, 0.15) is 5.60 Å². The van der Waals surface area contributed by atoms with Crippen LogP contribution in [0.25, 0.3) is 0 Å². The largest absolute Gasteiger partial charge is 0.380 e. The number of primary amides is 1. The fourth-order valence-corrected chi connectivity index (χ4v) is 0.888. The van der Waals surface area contributed by atoms with Gasteiger partial charge in [-0.2, -0.15) is 0 Å². The number of hydrogen-bond acceptors (Lipinski definition) is 2. The lowest BCUT2D eigenvalue weighted by atomic mass is 9.94. The highest BCUT2D eigenvalue weighted by Crippen LogP contribution is 2.15. The van der Waals surface area contributed by atoms with Crippen LogP contribution in [0.5, 0.6) is 0 Å². The monoisotopic (exact) mass is 145 g/mol. The van der Waals surface area contributed by atoms with E-state index >= 15 is 0 Å². The summed E-state index contributed by atoms with van der Waals surface area (Å²) in [5.41, 5.74) is 3.71. The number of hydrogen-bond donors (Lipinski definition) is 2. The minimum atomic E-state index is -1.27. The molecule has 0 aliphatic rings. The topological polar surface area (TPSA) is 63.3 Å². The molecule has 0 aromatic rings. The Morgan fingerprint density at radius 3 is 2.20 bits per heavy atom. The Morgan fingerprint density at radius 1 is 1.60 bits per heavy atom. The van der Waals surface area contributed by atoms with Crippen LogP contribution in [0, 0.1) is 0 Å². The van der Waals surface area contributed by atoms with E-state index in [1.165, 1.54) is 0 Å². The summed E-state index contributed by atoms with van der Waals surface area (Å²) in [7, 11) is 0. The summed E-state index contributed by atoms with van der Waals surface area (Å²) in [5, 5.41) is 9.42. The molecular weight excluding hydrogens is 130 g/mol. The fourth-order valence-electron chi connectivity index (χ4n) is 0.888. The van der Waals surface area contributed by atoms with Gasteiger partial charge in [0.2, 0.25) is 5.91 Å². The Balaban J connectivity index is 4.08. The van der Waals surface area contributed by atoms with Gasteiger partial charge in [-0.25, -0.2) is 0 Å². The van der Waals surface area contributed by atoms with Gasteiger partial charge in [-0.1, -0.05) is 20.3 Å². The molecular formula is C7H15NO2. The Morgan fingerprint density at radius 2 is 2.10 bits per heavy atom. The molecule has 10 heavy (non-hydrogen) atoms. The third-order valence-electron chi connectivity index (χ3n) is 1.71. The normalized spacial score (nSPS) is 16.3. The molecule has 0 saturated heterocycles. The average molecular weight is 145 g/mol. The molecule has 0 aliphatic carbocycles. The van der Waals surface area contributed by atoms with Crippen LogP contribution in [0.4, 0.5) is 0 Å². The molecule has 3 N–H and O–H groups in total. The van der Waals surface area contributed by atoms with Gasteiger partial charge < -0.3 is 10.8 Å². The van der Waals surface area contributed by atoms with E-state index in [4.69, 9.17) is 5.73 Å². The predicted octanol–water partition coefficient (Wildman–Crippen LogP) is 0.413. The Kier molecular flexibility index (Phi) is 3.36. The molecule has 3 nitrogen and oxygen atoms in total. The number of nitrogens with two attached hydrogens (primary N) is 1. The van der Waals surface area contributed by atoms with Crippen molar-refractivity contribution < 1.29 is 9.90 Å². The van der Waals surface area contributed by atoms with E-state index < -0.39 is 11.5 Å². The van der Waals surface area contributed by atoms with E-state index in [9.17, 15) is 9.90 Å². The van der Waals surface area contributed by atoms with Gasteiger partial charge in [0.05, 0.1) is 0 Å². The molecule has 60 valence electrons. The molecule has 0 radical (unpaired) electrons. The zero-order chi connectivity index (χ0) is 8.20. The van der Waals surface area contributed by atoms with Crippen LogP contribution >= 0.6 is 0 Å². The minimum Gasteiger partial charge on any atom is -0.380 e. The molecule has 1 atom stereocenters. The average Bonchev–Trinajstić information content (AvgIpc) is 1.88. The molecule has 0 aromatic heterocycles. The zero-order valence-corrected chi connectivity index (χ0v) is 6.55. The third-order valence-corrected chi connectivity index (χ3v) is 1.71. The fraction of sp³-hybridized carbons (Fsp3) is 0.857. The summed E-state index contributed by atoms with van der Waals surface area (Å²) in [5.74, 6) is -0.614. The molecule has 0 spiro atoms. The maximum absolute atomic E-state index is 10.6. The van der Waals surface area contributed by atoms with Crippen molar-refractivity contribution in [3.8, 4) is 0 Å². The van der Waals surface area contributed by atoms with Crippen molar-refractivity contribution in [3.63, 3.8) is 0 Å². The zero-order valence-electron chi connectivity index (χ0n) is 6.55. The summed E-state index contributed by atoms with van der Waals surface area (Å²) >= 11 is 0. The van der Waals surface area contributed by atoms with E-state index in [0.717, 1.165) is 6.42 Å². The number of carbonyl (C=O) groups excluding carboxylic acids is 1. The molecule has 0 saturated carbocycles. The number of aliphatic hydroxyl groups is 1. The van der Waals surface area contributed by atoms with Gasteiger partial charge in [0.25, 0.3) is 0 Å². The Labute approximate surface area is 61.2 Å². The molecule has 0 bridgehead atoms. The van der Waals surface area contributed by atoms with Gasteiger partial charge in [-0.05, 0) is 12.8 Å². The predicted molar refractivity (Wildman–Crippen MR) is 39.3 cm³/mol. The maximum atomic E-state index is 10.6. The highest BCUT2D eigenvalue weighted by Gasteiger charge is 2.29. The van der Waals surface area contributed by atoms with Crippen LogP contribution in [-0.2, 0) is 4.79 Å². The molecule has 3 heteroatoms. The lowest BCUT2D eigenvalue weighted by Crippen LogP contribution is -2.43. The molecule has 0 rings (SSSR count). The quantitative estimate of drug-likeness (QED) is 0.602. The van der Waals surface area contributed by atoms with Crippen molar-refractivity contribution in [2.24, 2.45) is 5.73 Å². The van der Waals surface area contributed by atoms with E-state index in [1.807, 2.05) is 6.92 Å². The lowest BCUT2D eigenvalue weighted by Gasteiger charge is -2.21. The van der Waals surface area contributed by atoms with Crippen LogP contribution in [0.1, 0.15) is 33.1 Å². The van der Waals surface area contributed by atoms with Gasteiger partial charge in [0, 0.05) is 0 Å². The highest BCUT2D eigenvalue weighted by molar-refractivity contribution is 5.82. The van der Waals surface area contributed by atoms with Gasteiger partial charge in [-0.15, -0.1) is 0 Å². The van der Waals surface area contributed by atoms with Crippen molar-refractivity contribution in [1.82, 2.24) is 0 Å². The van der Waals surface area contributed by atoms with Crippen LogP contribution in [0.15, 0.2) is 0 Å². The molecule has 1 amide bonds. The van der Waals surface area contributed by atoms with Crippen molar-refractivity contribution >= 4 is 5.91 Å². The number of amides is 1. The maximum Gasteiger partial charge on any atom is 0.249 e. The second kappa shape index (κ2) is 3.56. The van der Waals surface area contributed by atoms with Crippen LogP contribution in [0.3, 0.4) is 0 Å². The summed E-state index contributed by atoms with van der Waals surface area (Å²) in [6.45, 7) is 3.66. The molecule has 0 heterocycles. The van der Waals surface area contributed by atoms with E-state index in [2.05, 4.69) is 0 Å². The Bertz CT molecular complexity index is 125. The smallest absolute Gasteiger partial charge is 0.249 e. The van der Waals surface area contributed by atoms with Gasteiger partial charge in [-0.3, -0.25) is 4.79 Å². The second-order valence-corrected chi connectivity index (χ2v) is 2.50.